The maximum Gasteiger partial charge on any atom is 0.217 e. The van der Waals surface area contributed by atoms with Gasteiger partial charge in [0.2, 0.25) is 5.91 Å². The maximum atomic E-state index is 11.5. The Labute approximate surface area is 160 Å². The van der Waals surface area contributed by atoms with Crippen LogP contribution in [0.4, 0.5) is 0 Å². The molecule has 0 spiro atoms. The van der Waals surface area contributed by atoms with Gasteiger partial charge in [0.1, 0.15) is 42.7 Å². The maximum absolute atomic E-state index is 11.5. The lowest BCUT2D eigenvalue weighted by molar-refractivity contribution is -0.361. The molecule has 2 fully saturated rings. The lowest BCUT2D eigenvalue weighted by Gasteiger charge is -2.47. The van der Waals surface area contributed by atoms with E-state index in [-0.39, 0.29) is 0 Å². The third kappa shape index (κ3) is 4.60. The van der Waals surface area contributed by atoms with Crippen LogP contribution in [0.5, 0.6) is 0 Å². The van der Waals surface area contributed by atoms with Gasteiger partial charge in [0.05, 0.1) is 24.7 Å². The van der Waals surface area contributed by atoms with Crippen molar-refractivity contribution < 1.29 is 54.1 Å². The Bertz CT molecular complexity index is 561. The summed E-state index contributed by atoms with van der Waals surface area (Å²) >= 11 is 0. The second kappa shape index (κ2) is 9.41. The van der Waals surface area contributed by atoms with E-state index in [0.29, 0.717) is 0 Å². The first-order valence-corrected chi connectivity index (χ1v) is 8.74. The predicted molar refractivity (Wildman–Crippen MR) is 86.4 cm³/mol. The molecule has 5 N–H and O–H groups in total. The number of nitrogens with one attached hydrogen (secondary N) is 1. The highest BCUT2D eigenvalue weighted by Gasteiger charge is 2.51. The number of carboxylic acids is 1. The zero-order valence-electron chi connectivity index (χ0n) is 15.6. The Hall–Kier alpha value is -1.38. The van der Waals surface area contributed by atoms with Crippen molar-refractivity contribution in [2.24, 2.45) is 0 Å². The van der Waals surface area contributed by atoms with Crippen LogP contribution < -0.4 is 10.4 Å². The van der Waals surface area contributed by atoms with Gasteiger partial charge in [0.25, 0.3) is 0 Å². The normalized spacial score (nSPS) is 44.1. The van der Waals surface area contributed by atoms with Crippen molar-refractivity contribution >= 4 is 11.9 Å². The van der Waals surface area contributed by atoms with Crippen LogP contribution in [-0.4, -0.2) is 107 Å². The molecule has 10 unspecified atom stereocenters. The van der Waals surface area contributed by atoms with Gasteiger partial charge in [-0.25, -0.2) is 0 Å². The number of carboxylic acid groups (broad SMARTS) is 1. The zero-order valence-corrected chi connectivity index (χ0v) is 15.6. The van der Waals surface area contributed by atoms with Crippen LogP contribution in [-0.2, 0) is 28.5 Å². The van der Waals surface area contributed by atoms with Crippen LogP contribution in [0.25, 0.3) is 0 Å². The molecule has 10 atom stereocenters. The molecule has 2 heterocycles. The van der Waals surface area contributed by atoms with Gasteiger partial charge in [0, 0.05) is 14.0 Å². The van der Waals surface area contributed by atoms with Gasteiger partial charge in [-0.2, -0.15) is 0 Å². The van der Waals surface area contributed by atoms with E-state index >= 15 is 0 Å². The SMILES string of the molecule is COC1C(C(=O)[O-])OC(OC2C(O)C(CO)OC(C)C2NC(C)=O)C(O)C1O. The molecule has 12 nitrogen and oxygen atoms in total. The summed E-state index contributed by atoms with van der Waals surface area (Å²) < 4.78 is 21.1. The van der Waals surface area contributed by atoms with Crippen molar-refractivity contribution in [1.82, 2.24) is 5.32 Å². The van der Waals surface area contributed by atoms with Crippen molar-refractivity contribution in [2.45, 2.75) is 75.0 Å². The minimum absolute atomic E-state index is 0.457. The Morgan fingerprint density at radius 2 is 1.75 bits per heavy atom. The van der Waals surface area contributed by atoms with Crippen LogP contribution in [0.3, 0.4) is 0 Å². The van der Waals surface area contributed by atoms with Crippen LogP contribution in [0.2, 0.25) is 0 Å². The highest BCUT2D eigenvalue weighted by Crippen LogP contribution is 2.29. The van der Waals surface area contributed by atoms with E-state index in [4.69, 9.17) is 18.9 Å². The second-order valence-corrected chi connectivity index (χ2v) is 6.81. The summed E-state index contributed by atoms with van der Waals surface area (Å²) in [5.41, 5.74) is 0. The molecule has 162 valence electrons. The first kappa shape index (κ1) is 22.9. The molecule has 0 aromatic carbocycles. The topological polar surface area (TPSA) is 187 Å². The number of ether oxygens (including phenoxy) is 4. The standard InChI is InChI=1S/C16H27NO11/c1-5-8(17-6(2)19)12(9(20)7(4-18)26-5)27-16-11(22)10(21)13(25-3)14(28-16)15(23)24/h5,7-14,16,18,20-22H,4H2,1-3H3,(H,17,19)(H,23,24)/p-1. The van der Waals surface area contributed by atoms with Gasteiger partial charge in [-0.1, -0.05) is 0 Å². The number of amides is 1. The number of aliphatic hydroxyl groups excluding tert-OH is 4. The van der Waals surface area contributed by atoms with E-state index in [1.165, 1.54) is 6.92 Å². The molecule has 12 heteroatoms. The summed E-state index contributed by atoms with van der Waals surface area (Å²) in [6.45, 7) is 2.25. The smallest absolute Gasteiger partial charge is 0.217 e. The molecule has 2 aliphatic rings. The second-order valence-electron chi connectivity index (χ2n) is 6.81. The van der Waals surface area contributed by atoms with Crippen LogP contribution >= 0.6 is 0 Å². The largest absolute Gasteiger partial charge is 0.547 e. The lowest BCUT2D eigenvalue weighted by atomic mass is 9.92. The first-order chi connectivity index (χ1) is 13.1. The third-order valence-electron chi connectivity index (χ3n) is 4.86. The van der Waals surface area contributed by atoms with Crippen molar-refractivity contribution in [1.29, 1.82) is 0 Å². The molecule has 28 heavy (non-hydrogen) atoms. The molecular formula is C16H26NO11-. The summed E-state index contributed by atoms with van der Waals surface area (Å²) in [6, 6.07) is -0.912. The van der Waals surface area contributed by atoms with Crippen molar-refractivity contribution in [3.63, 3.8) is 0 Å². The summed E-state index contributed by atoms with van der Waals surface area (Å²) in [5, 5.41) is 54.2. The molecule has 0 aromatic rings. The Kier molecular flexibility index (Phi) is 7.70. The van der Waals surface area contributed by atoms with Crippen LogP contribution in [0.15, 0.2) is 0 Å². The number of hydrogen-bond donors (Lipinski definition) is 5. The van der Waals surface area contributed by atoms with Crippen molar-refractivity contribution in [3.05, 3.63) is 0 Å². The number of rotatable bonds is 6. The Morgan fingerprint density at radius 1 is 1.11 bits per heavy atom. The molecular weight excluding hydrogens is 382 g/mol. The van der Waals surface area contributed by atoms with Gasteiger partial charge < -0.3 is 54.6 Å². The van der Waals surface area contributed by atoms with E-state index < -0.39 is 79.6 Å². The molecule has 1 amide bonds. The average molecular weight is 408 g/mol. The van der Waals surface area contributed by atoms with E-state index in [2.05, 4.69) is 5.32 Å². The van der Waals surface area contributed by atoms with Gasteiger partial charge in [-0.15, -0.1) is 0 Å². The molecule has 2 saturated heterocycles. The number of aliphatic hydroxyl groups is 4. The molecule has 0 aromatic heterocycles. The van der Waals surface area contributed by atoms with Crippen LogP contribution in [0, 0.1) is 0 Å². The lowest BCUT2D eigenvalue weighted by Crippen LogP contribution is -2.68. The number of carbonyl (C=O) groups excluding carboxylic acids is 2. The molecule has 0 radical (unpaired) electrons. The van der Waals surface area contributed by atoms with E-state index in [1.807, 2.05) is 0 Å². The quantitative estimate of drug-likeness (QED) is 0.284. The summed E-state index contributed by atoms with van der Waals surface area (Å²) in [6.07, 6.45) is -12.7. The third-order valence-corrected chi connectivity index (χ3v) is 4.86. The molecule has 0 saturated carbocycles. The van der Waals surface area contributed by atoms with Gasteiger partial charge in [-0.05, 0) is 6.92 Å². The summed E-state index contributed by atoms with van der Waals surface area (Å²) in [4.78, 5) is 22.8. The number of methoxy groups -OCH3 is 1. The minimum Gasteiger partial charge on any atom is -0.547 e. The fourth-order valence-electron chi connectivity index (χ4n) is 3.44. The number of carbonyl (C=O) groups is 2. The molecule has 2 rings (SSSR count). The molecule has 0 bridgehead atoms. The van der Waals surface area contributed by atoms with Gasteiger partial charge >= 0.3 is 0 Å². The Balaban J connectivity index is 2.26. The average Bonchev–Trinajstić information content (AvgIpc) is 2.63. The molecule has 2 aliphatic heterocycles. The fraction of sp³-hybridized carbons (Fsp3) is 0.875. The first-order valence-electron chi connectivity index (χ1n) is 8.74. The monoisotopic (exact) mass is 408 g/mol. The van der Waals surface area contributed by atoms with Crippen molar-refractivity contribution in [2.75, 3.05) is 13.7 Å². The Morgan fingerprint density at radius 3 is 2.25 bits per heavy atom. The number of hydrogen-bond acceptors (Lipinski definition) is 11. The minimum atomic E-state index is -1.75. The van der Waals surface area contributed by atoms with E-state index in [9.17, 15) is 35.1 Å². The highest BCUT2D eigenvalue weighted by atomic mass is 16.7. The van der Waals surface area contributed by atoms with Gasteiger partial charge in [-0.3, -0.25) is 4.79 Å². The van der Waals surface area contributed by atoms with E-state index in [1.54, 1.807) is 6.92 Å². The summed E-state index contributed by atoms with van der Waals surface area (Å²) in [7, 11) is 1.13. The fourth-order valence-corrected chi connectivity index (χ4v) is 3.44. The molecule has 0 aliphatic carbocycles. The van der Waals surface area contributed by atoms with Crippen molar-refractivity contribution in [3.8, 4) is 0 Å². The van der Waals surface area contributed by atoms with Gasteiger partial charge in [0.15, 0.2) is 6.29 Å². The zero-order chi connectivity index (χ0) is 21.2. The summed E-state index contributed by atoms with van der Waals surface area (Å²) in [5.74, 6) is -2.15. The van der Waals surface area contributed by atoms with E-state index in [0.717, 1.165) is 7.11 Å². The predicted octanol–water partition coefficient (Wildman–Crippen LogP) is -4.77. The highest BCUT2D eigenvalue weighted by molar-refractivity contribution is 5.73. The number of aliphatic carboxylic acids is 1. The van der Waals surface area contributed by atoms with Crippen LogP contribution in [0.1, 0.15) is 13.8 Å².